The van der Waals surface area contributed by atoms with Crippen LogP contribution < -0.4 is 0 Å². The molecule has 2 saturated heterocycles. The molecular formula is C15H23F3N2O4. The average Bonchev–Trinajstić information content (AvgIpc) is 3.01. The number of piperidine rings is 1. The largest absolute Gasteiger partial charge is 0.469 e. The number of hydrogen-bond donors (Lipinski definition) is 0. The van der Waals surface area contributed by atoms with Crippen molar-refractivity contribution in [3.05, 3.63) is 0 Å². The van der Waals surface area contributed by atoms with E-state index < -0.39 is 36.2 Å². The van der Waals surface area contributed by atoms with Gasteiger partial charge in [-0.05, 0) is 32.2 Å². The number of halogens is 3. The van der Waals surface area contributed by atoms with E-state index in [1.54, 1.807) is 0 Å². The summed E-state index contributed by atoms with van der Waals surface area (Å²) in [5, 5.41) is 0. The Bertz CT molecular complexity index is 472. The molecular weight excluding hydrogens is 329 g/mol. The van der Waals surface area contributed by atoms with Crippen LogP contribution in [0.1, 0.15) is 25.7 Å². The van der Waals surface area contributed by atoms with Gasteiger partial charge in [0.15, 0.2) is 0 Å². The van der Waals surface area contributed by atoms with Crippen LogP contribution in [0.5, 0.6) is 0 Å². The Morgan fingerprint density at radius 3 is 2.42 bits per heavy atom. The molecule has 0 bridgehead atoms. The van der Waals surface area contributed by atoms with Crippen LogP contribution in [-0.2, 0) is 14.3 Å². The Hall–Kier alpha value is -1.51. The first-order valence-electron chi connectivity index (χ1n) is 8.01. The van der Waals surface area contributed by atoms with E-state index in [1.807, 2.05) is 0 Å². The quantitative estimate of drug-likeness (QED) is 0.728. The summed E-state index contributed by atoms with van der Waals surface area (Å²) in [4.78, 5) is 26.5. The van der Waals surface area contributed by atoms with Gasteiger partial charge in [-0.1, -0.05) is 0 Å². The highest BCUT2D eigenvalue weighted by Crippen LogP contribution is 2.34. The van der Waals surface area contributed by atoms with Crippen LogP contribution in [0.15, 0.2) is 0 Å². The molecule has 2 aliphatic rings. The Morgan fingerprint density at radius 2 is 1.83 bits per heavy atom. The summed E-state index contributed by atoms with van der Waals surface area (Å²) in [6, 6.07) is -1.99. The maximum Gasteiger partial charge on any atom is 0.409 e. The molecule has 2 heterocycles. The van der Waals surface area contributed by atoms with Crippen molar-refractivity contribution in [3.63, 3.8) is 0 Å². The molecule has 0 radical (unpaired) electrons. The fraction of sp³-hybridized carbons (Fsp3) is 0.867. The van der Waals surface area contributed by atoms with Gasteiger partial charge in [0.05, 0.1) is 20.1 Å². The van der Waals surface area contributed by atoms with Crippen LogP contribution >= 0.6 is 0 Å². The lowest BCUT2D eigenvalue weighted by atomic mass is 9.90. The van der Waals surface area contributed by atoms with Gasteiger partial charge in [0, 0.05) is 19.1 Å². The molecule has 0 spiro atoms. The molecule has 2 rings (SSSR count). The van der Waals surface area contributed by atoms with Crippen molar-refractivity contribution in [2.24, 2.45) is 5.92 Å². The molecule has 0 aromatic carbocycles. The molecule has 138 valence electrons. The van der Waals surface area contributed by atoms with E-state index >= 15 is 0 Å². The topological polar surface area (TPSA) is 59.1 Å². The van der Waals surface area contributed by atoms with E-state index in [1.165, 1.54) is 24.0 Å². The molecule has 3 atom stereocenters. The number of methoxy groups -OCH3 is 2. The van der Waals surface area contributed by atoms with Gasteiger partial charge in [-0.3, -0.25) is 9.69 Å². The second kappa shape index (κ2) is 7.58. The van der Waals surface area contributed by atoms with E-state index in [0.29, 0.717) is 19.4 Å². The van der Waals surface area contributed by atoms with Gasteiger partial charge >= 0.3 is 18.2 Å². The zero-order valence-corrected chi connectivity index (χ0v) is 13.8. The van der Waals surface area contributed by atoms with E-state index in [2.05, 4.69) is 0 Å². The van der Waals surface area contributed by atoms with Crippen molar-refractivity contribution in [3.8, 4) is 0 Å². The minimum absolute atomic E-state index is 0.0644. The third-order valence-electron chi connectivity index (χ3n) is 4.85. The Kier molecular flexibility index (Phi) is 5.95. The number of esters is 1. The SMILES string of the molecule is COC(=O)[C@@H]1CCN(C(=O)OC)[C@H](CN2CCC[C@@H]2C(F)(F)F)C1. The number of carbonyl (C=O) groups is 2. The summed E-state index contributed by atoms with van der Waals surface area (Å²) in [6.45, 7) is 0.674. The second-order valence-electron chi connectivity index (χ2n) is 6.26. The van der Waals surface area contributed by atoms with Crippen LogP contribution in [0.25, 0.3) is 0 Å². The molecule has 9 heteroatoms. The number of rotatable bonds is 3. The highest BCUT2D eigenvalue weighted by Gasteiger charge is 2.47. The Balaban J connectivity index is 2.11. The van der Waals surface area contributed by atoms with E-state index in [-0.39, 0.29) is 25.9 Å². The fourth-order valence-corrected chi connectivity index (χ4v) is 3.65. The van der Waals surface area contributed by atoms with Crippen molar-refractivity contribution in [1.82, 2.24) is 9.80 Å². The number of ether oxygens (including phenoxy) is 2. The summed E-state index contributed by atoms with van der Waals surface area (Å²) in [5.74, 6) is -0.800. The third kappa shape index (κ3) is 4.12. The average molecular weight is 352 g/mol. The second-order valence-corrected chi connectivity index (χ2v) is 6.26. The number of hydrogen-bond acceptors (Lipinski definition) is 5. The predicted molar refractivity (Wildman–Crippen MR) is 78.3 cm³/mol. The standard InChI is InChI=1S/C15H23F3N2O4/c1-23-13(21)10-5-7-20(14(22)24-2)11(8-10)9-19-6-3-4-12(19)15(16,17)18/h10-12H,3-9H2,1-2H3/t10-,11+,12-/m1/s1. The fourth-order valence-electron chi connectivity index (χ4n) is 3.65. The minimum atomic E-state index is -4.29. The molecule has 0 N–H and O–H groups in total. The third-order valence-corrected chi connectivity index (χ3v) is 4.85. The van der Waals surface area contributed by atoms with Crippen LogP contribution in [0.4, 0.5) is 18.0 Å². The van der Waals surface area contributed by atoms with Crippen molar-refractivity contribution in [2.75, 3.05) is 33.9 Å². The van der Waals surface area contributed by atoms with E-state index in [0.717, 1.165) is 0 Å². The van der Waals surface area contributed by atoms with Gasteiger partial charge in [0.2, 0.25) is 0 Å². The van der Waals surface area contributed by atoms with Crippen LogP contribution in [0, 0.1) is 5.92 Å². The summed E-state index contributed by atoms with van der Waals surface area (Å²) < 4.78 is 48.8. The lowest BCUT2D eigenvalue weighted by molar-refractivity contribution is -0.178. The molecule has 0 aromatic heterocycles. The molecule has 2 aliphatic heterocycles. The smallest absolute Gasteiger partial charge is 0.409 e. The van der Waals surface area contributed by atoms with Crippen molar-refractivity contribution >= 4 is 12.1 Å². The van der Waals surface area contributed by atoms with Gasteiger partial charge in [-0.2, -0.15) is 13.2 Å². The van der Waals surface area contributed by atoms with Crippen molar-refractivity contribution in [1.29, 1.82) is 0 Å². The van der Waals surface area contributed by atoms with Crippen molar-refractivity contribution < 1.29 is 32.2 Å². The highest BCUT2D eigenvalue weighted by molar-refractivity contribution is 5.73. The van der Waals surface area contributed by atoms with Gasteiger partial charge in [0.25, 0.3) is 0 Å². The lowest BCUT2D eigenvalue weighted by Crippen LogP contribution is -2.54. The molecule has 1 amide bonds. The summed E-state index contributed by atoms with van der Waals surface area (Å²) >= 11 is 0. The first-order valence-corrected chi connectivity index (χ1v) is 8.01. The molecule has 0 aliphatic carbocycles. The zero-order chi connectivity index (χ0) is 17.9. The van der Waals surface area contributed by atoms with Crippen molar-refractivity contribution in [2.45, 2.75) is 43.9 Å². The monoisotopic (exact) mass is 352 g/mol. The van der Waals surface area contributed by atoms with E-state index in [9.17, 15) is 22.8 Å². The van der Waals surface area contributed by atoms with Gasteiger partial charge in [-0.15, -0.1) is 0 Å². The predicted octanol–water partition coefficient (Wildman–Crippen LogP) is 2.03. The number of alkyl halides is 3. The number of nitrogens with zero attached hydrogens (tertiary/aromatic N) is 2. The molecule has 24 heavy (non-hydrogen) atoms. The van der Waals surface area contributed by atoms with Crippen LogP contribution in [0.2, 0.25) is 0 Å². The maximum absolute atomic E-state index is 13.1. The van der Waals surface area contributed by atoms with Gasteiger partial charge < -0.3 is 14.4 Å². The van der Waals surface area contributed by atoms with Gasteiger partial charge in [-0.25, -0.2) is 4.79 Å². The minimum Gasteiger partial charge on any atom is -0.469 e. The number of carbonyl (C=O) groups excluding carboxylic acids is 2. The number of likely N-dealkylation sites (tertiary alicyclic amines) is 2. The first-order chi connectivity index (χ1) is 11.3. The molecule has 0 saturated carbocycles. The lowest BCUT2D eigenvalue weighted by Gasteiger charge is -2.40. The zero-order valence-electron chi connectivity index (χ0n) is 13.8. The van der Waals surface area contributed by atoms with Crippen LogP contribution in [-0.4, -0.2) is 74.0 Å². The van der Waals surface area contributed by atoms with Crippen LogP contribution in [0.3, 0.4) is 0 Å². The molecule has 6 nitrogen and oxygen atoms in total. The summed E-state index contributed by atoms with van der Waals surface area (Å²) in [6.07, 6.45) is -3.64. The molecule has 0 unspecified atom stereocenters. The maximum atomic E-state index is 13.1. The normalized spacial score (nSPS) is 28.7. The highest BCUT2D eigenvalue weighted by atomic mass is 19.4. The summed E-state index contributed by atoms with van der Waals surface area (Å²) in [7, 11) is 2.52. The molecule has 2 fully saturated rings. The van der Waals surface area contributed by atoms with E-state index in [4.69, 9.17) is 9.47 Å². The Morgan fingerprint density at radius 1 is 1.12 bits per heavy atom. The first kappa shape index (κ1) is 18.8. The molecule has 0 aromatic rings. The van der Waals surface area contributed by atoms with Gasteiger partial charge in [0.1, 0.15) is 6.04 Å². The number of amides is 1. The summed E-state index contributed by atoms with van der Waals surface area (Å²) in [5.41, 5.74) is 0. The Labute approximate surface area is 138 Å².